The van der Waals surface area contributed by atoms with Gasteiger partial charge in [-0.3, -0.25) is 5.10 Å². The highest BCUT2D eigenvalue weighted by Gasteiger charge is 2.20. The van der Waals surface area contributed by atoms with Gasteiger partial charge in [-0.25, -0.2) is 14.8 Å². The summed E-state index contributed by atoms with van der Waals surface area (Å²) in [6.45, 7) is 1.74. The van der Waals surface area contributed by atoms with E-state index in [1.807, 2.05) is 30.3 Å². The third kappa shape index (κ3) is 4.00. The molecule has 0 atom stereocenters. The molecule has 1 aliphatic rings. The zero-order chi connectivity index (χ0) is 21.9. The summed E-state index contributed by atoms with van der Waals surface area (Å²) in [6, 6.07) is 8.02. The predicted octanol–water partition coefficient (Wildman–Crippen LogP) is 3.45. The summed E-state index contributed by atoms with van der Waals surface area (Å²) in [5.74, 6) is 0.722. The van der Waals surface area contributed by atoms with Crippen LogP contribution in [0, 0.1) is 0 Å². The third-order valence-corrected chi connectivity index (χ3v) is 5.45. The lowest BCUT2D eigenvalue weighted by molar-refractivity contribution is 0.0741. The van der Waals surface area contributed by atoms with Gasteiger partial charge in [0.15, 0.2) is 0 Å². The molecule has 0 radical (unpaired) electrons. The number of hydrogen-bond acceptors (Lipinski definition) is 7. The number of fused-ring (bicyclic) bond motifs is 2. The smallest absolute Gasteiger partial charge is 0.410 e. The van der Waals surface area contributed by atoms with Crippen LogP contribution in [0.15, 0.2) is 42.9 Å². The minimum absolute atomic E-state index is 0.256. The zero-order valence-electron chi connectivity index (χ0n) is 17.6. The van der Waals surface area contributed by atoms with E-state index in [1.54, 1.807) is 18.2 Å². The van der Waals surface area contributed by atoms with E-state index in [4.69, 9.17) is 9.47 Å². The molecule has 3 N–H and O–H groups in total. The summed E-state index contributed by atoms with van der Waals surface area (Å²) < 4.78 is 10.1. The normalized spacial score (nSPS) is 14.0. The summed E-state index contributed by atoms with van der Waals surface area (Å²) in [5.41, 5.74) is 4.76. The zero-order valence-corrected chi connectivity index (χ0v) is 17.6. The van der Waals surface area contributed by atoms with Crippen LogP contribution in [0.3, 0.4) is 0 Å². The summed E-state index contributed by atoms with van der Waals surface area (Å²) in [4.78, 5) is 26.0. The van der Waals surface area contributed by atoms with Crippen LogP contribution in [0.2, 0.25) is 0 Å². The Balaban J connectivity index is 1.33. The standard InChI is InChI=1S/C22H23N7O3/c1-31-8-9-32-22(30)29-6-4-14(5-7-29)19-11-17-20(23-13-24-21(17)27-19)26-16-2-3-18-15(10-16)12-25-28-18/h2-4,10-13H,5-9H2,1H3,(H,25,28)(H2,23,24,26,27). The predicted molar refractivity (Wildman–Crippen MR) is 121 cm³/mol. The fourth-order valence-electron chi connectivity index (χ4n) is 3.75. The minimum Gasteiger partial charge on any atom is -0.447 e. The maximum absolute atomic E-state index is 12.1. The molecule has 0 bridgehead atoms. The minimum atomic E-state index is -0.319. The van der Waals surface area contributed by atoms with Gasteiger partial charge in [-0.1, -0.05) is 6.08 Å². The number of methoxy groups -OCH3 is 1. The van der Waals surface area contributed by atoms with Crippen LogP contribution >= 0.6 is 0 Å². The number of amides is 1. The van der Waals surface area contributed by atoms with Crippen molar-refractivity contribution in [1.82, 2.24) is 30.0 Å². The molecule has 0 saturated heterocycles. The molecule has 0 unspecified atom stereocenters. The molecule has 0 fully saturated rings. The first-order chi connectivity index (χ1) is 15.7. The molecule has 32 heavy (non-hydrogen) atoms. The Hall–Kier alpha value is -3.92. The summed E-state index contributed by atoms with van der Waals surface area (Å²) in [5, 5.41) is 12.3. The highest BCUT2D eigenvalue weighted by molar-refractivity contribution is 5.93. The third-order valence-electron chi connectivity index (χ3n) is 5.45. The molecule has 1 aromatic carbocycles. The van der Waals surface area contributed by atoms with E-state index >= 15 is 0 Å². The highest BCUT2D eigenvalue weighted by Crippen LogP contribution is 2.29. The van der Waals surface area contributed by atoms with Crippen LogP contribution in [-0.2, 0) is 9.47 Å². The van der Waals surface area contributed by atoms with Crippen LogP contribution < -0.4 is 5.32 Å². The molecule has 0 saturated carbocycles. The van der Waals surface area contributed by atoms with Gasteiger partial charge < -0.3 is 24.7 Å². The van der Waals surface area contributed by atoms with Gasteiger partial charge in [0.2, 0.25) is 0 Å². The molecule has 1 aliphatic heterocycles. The van der Waals surface area contributed by atoms with E-state index < -0.39 is 0 Å². The first-order valence-electron chi connectivity index (χ1n) is 10.3. The Bertz CT molecular complexity index is 1290. The fraction of sp³-hybridized carbons (Fsp3) is 0.273. The van der Waals surface area contributed by atoms with Crippen molar-refractivity contribution in [2.75, 3.05) is 38.7 Å². The number of rotatable bonds is 6. The van der Waals surface area contributed by atoms with Gasteiger partial charge in [0, 0.05) is 37.0 Å². The number of carbonyl (C=O) groups excluding carboxylic acids is 1. The molecule has 5 rings (SSSR count). The maximum Gasteiger partial charge on any atom is 0.410 e. The second-order valence-electron chi connectivity index (χ2n) is 7.50. The van der Waals surface area contributed by atoms with Gasteiger partial charge in [0.1, 0.15) is 24.4 Å². The Morgan fingerprint density at radius 2 is 2.19 bits per heavy atom. The lowest BCUT2D eigenvalue weighted by atomic mass is 10.1. The number of nitrogens with zero attached hydrogens (tertiary/aromatic N) is 4. The van der Waals surface area contributed by atoms with Gasteiger partial charge in [0.25, 0.3) is 0 Å². The lowest BCUT2D eigenvalue weighted by Crippen LogP contribution is -2.35. The Morgan fingerprint density at radius 3 is 3.03 bits per heavy atom. The first kappa shape index (κ1) is 20.0. The molecular weight excluding hydrogens is 410 g/mol. The van der Waals surface area contributed by atoms with Crippen molar-refractivity contribution in [2.24, 2.45) is 0 Å². The quantitative estimate of drug-likeness (QED) is 0.398. The van der Waals surface area contributed by atoms with Gasteiger partial charge in [0.05, 0.1) is 23.7 Å². The molecule has 3 aromatic heterocycles. The molecule has 0 aliphatic carbocycles. The molecule has 4 heterocycles. The van der Waals surface area contributed by atoms with Gasteiger partial charge >= 0.3 is 6.09 Å². The summed E-state index contributed by atoms with van der Waals surface area (Å²) in [7, 11) is 1.58. The number of nitrogens with one attached hydrogen (secondary N) is 3. The van der Waals surface area contributed by atoms with Crippen LogP contribution in [0.4, 0.5) is 16.3 Å². The van der Waals surface area contributed by atoms with Crippen molar-refractivity contribution in [3.63, 3.8) is 0 Å². The molecule has 164 valence electrons. The van der Waals surface area contributed by atoms with E-state index in [0.29, 0.717) is 19.7 Å². The number of H-pyrrole nitrogens is 2. The van der Waals surface area contributed by atoms with Gasteiger partial charge in [-0.15, -0.1) is 0 Å². The Kier molecular flexibility index (Phi) is 5.42. The first-order valence-corrected chi connectivity index (χ1v) is 10.3. The average molecular weight is 433 g/mol. The van der Waals surface area contributed by atoms with Gasteiger partial charge in [-0.05, 0) is 36.3 Å². The topological polar surface area (TPSA) is 121 Å². The molecular formula is C22H23N7O3. The van der Waals surface area contributed by atoms with E-state index in [0.717, 1.165) is 51.1 Å². The molecule has 10 nitrogen and oxygen atoms in total. The van der Waals surface area contributed by atoms with Crippen molar-refractivity contribution in [2.45, 2.75) is 6.42 Å². The van der Waals surface area contributed by atoms with Crippen LogP contribution in [0.25, 0.3) is 27.5 Å². The molecule has 1 amide bonds. The van der Waals surface area contributed by atoms with Crippen molar-refractivity contribution in [3.05, 3.63) is 48.6 Å². The maximum atomic E-state index is 12.1. The van der Waals surface area contributed by atoms with Crippen molar-refractivity contribution >= 4 is 45.1 Å². The summed E-state index contributed by atoms with van der Waals surface area (Å²) >= 11 is 0. The van der Waals surface area contributed by atoms with Gasteiger partial charge in [-0.2, -0.15) is 5.10 Å². The Morgan fingerprint density at radius 1 is 1.25 bits per heavy atom. The van der Waals surface area contributed by atoms with Crippen molar-refractivity contribution in [3.8, 4) is 0 Å². The molecule has 4 aromatic rings. The fourth-order valence-corrected chi connectivity index (χ4v) is 3.75. The number of benzene rings is 1. The lowest BCUT2D eigenvalue weighted by Gasteiger charge is -2.25. The highest BCUT2D eigenvalue weighted by atomic mass is 16.6. The number of aromatic nitrogens is 5. The SMILES string of the molecule is COCCOC(=O)N1CC=C(c2cc3c(Nc4ccc5[nH]ncc5c4)ncnc3[nH]2)CC1. The monoisotopic (exact) mass is 433 g/mol. The average Bonchev–Trinajstić information content (AvgIpc) is 3.46. The number of carbonyl (C=O) groups is 1. The van der Waals surface area contributed by atoms with E-state index in [2.05, 4.69) is 30.5 Å². The number of hydrogen-bond donors (Lipinski definition) is 3. The number of ether oxygens (including phenoxy) is 2. The van der Waals surface area contributed by atoms with Crippen molar-refractivity contribution < 1.29 is 14.3 Å². The van der Waals surface area contributed by atoms with E-state index in [1.165, 1.54) is 6.33 Å². The second-order valence-corrected chi connectivity index (χ2v) is 7.50. The van der Waals surface area contributed by atoms with Crippen LogP contribution in [0.1, 0.15) is 12.1 Å². The van der Waals surface area contributed by atoms with Crippen LogP contribution in [-0.4, -0.2) is 69.6 Å². The largest absolute Gasteiger partial charge is 0.447 e. The van der Waals surface area contributed by atoms with E-state index in [-0.39, 0.29) is 12.7 Å². The van der Waals surface area contributed by atoms with E-state index in [9.17, 15) is 4.79 Å². The summed E-state index contributed by atoms with van der Waals surface area (Å²) in [6.07, 6.45) is 5.77. The van der Waals surface area contributed by atoms with Crippen molar-refractivity contribution in [1.29, 1.82) is 0 Å². The second kappa shape index (κ2) is 8.67. The number of anilines is 2. The number of aromatic amines is 2. The molecule has 0 spiro atoms. The Labute approximate surface area is 183 Å². The molecule has 10 heteroatoms. The van der Waals surface area contributed by atoms with Crippen LogP contribution in [0.5, 0.6) is 0 Å².